The van der Waals surface area contributed by atoms with Crippen molar-refractivity contribution in [3.63, 3.8) is 0 Å². The van der Waals surface area contributed by atoms with Gasteiger partial charge >= 0.3 is 6.36 Å². The molecule has 0 aliphatic rings. The summed E-state index contributed by atoms with van der Waals surface area (Å²) in [4.78, 5) is 3.38. The number of hydrogen-bond donors (Lipinski definition) is 0. The first-order chi connectivity index (χ1) is 6.42. The van der Waals surface area contributed by atoms with E-state index in [1.54, 1.807) is 6.07 Å². The molecule has 0 aromatic carbocycles. The molecule has 7 heteroatoms. The average Bonchev–Trinajstić information content (AvgIpc) is 2.01. The van der Waals surface area contributed by atoms with Crippen molar-refractivity contribution in [3.05, 3.63) is 22.3 Å². The molecule has 0 unspecified atom stereocenters. The molecule has 0 atom stereocenters. The van der Waals surface area contributed by atoms with E-state index >= 15 is 0 Å². The average molecular weight is 267 g/mol. The van der Waals surface area contributed by atoms with Crippen molar-refractivity contribution in [1.82, 2.24) is 4.98 Å². The van der Waals surface area contributed by atoms with E-state index in [9.17, 15) is 13.2 Å². The quantitative estimate of drug-likeness (QED) is 0.734. The fraction of sp³-hybridized carbons (Fsp3) is 0.143. The van der Waals surface area contributed by atoms with Gasteiger partial charge in [-0.1, -0.05) is 0 Å². The van der Waals surface area contributed by atoms with Crippen LogP contribution in [0.5, 0.6) is 5.88 Å². The summed E-state index contributed by atoms with van der Waals surface area (Å²) < 4.78 is 38.7. The molecule has 1 heterocycles. The molecule has 0 bridgehead atoms. The number of halogens is 4. The molecule has 0 aliphatic carbocycles. The molecular formula is C7H2BrF3N2O. The Morgan fingerprint density at radius 2 is 2.07 bits per heavy atom. The first-order valence-corrected chi connectivity index (χ1v) is 4.04. The molecule has 1 aromatic heterocycles. The van der Waals surface area contributed by atoms with Crippen LogP contribution in [0, 0.1) is 11.3 Å². The predicted molar refractivity (Wildman–Crippen MR) is 43.3 cm³/mol. The van der Waals surface area contributed by atoms with E-state index in [0.29, 0.717) is 0 Å². The van der Waals surface area contributed by atoms with E-state index in [0.717, 1.165) is 6.07 Å². The molecule has 0 fully saturated rings. The highest BCUT2D eigenvalue weighted by Crippen LogP contribution is 2.23. The lowest BCUT2D eigenvalue weighted by molar-refractivity contribution is -0.276. The molecule has 0 saturated carbocycles. The zero-order valence-electron chi connectivity index (χ0n) is 6.47. The number of rotatable bonds is 1. The number of alkyl halides is 3. The lowest BCUT2D eigenvalue weighted by Crippen LogP contribution is -2.17. The number of nitriles is 1. The zero-order chi connectivity index (χ0) is 10.8. The normalized spacial score (nSPS) is 10.8. The Balaban J connectivity index is 2.94. The van der Waals surface area contributed by atoms with Gasteiger partial charge in [0.05, 0.1) is 5.56 Å². The summed E-state index contributed by atoms with van der Waals surface area (Å²) >= 11 is 2.83. The third-order valence-corrected chi connectivity index (χ3v) is 1.77. The first kappa shape index (κ1) is 10.8. The molecule has 0 N–H and O–H groups in total. The number of hydrogen-bond acceptors (Lipinski definition) is 3. The van der Waals surface area contributed by atoms with Gasteiger partial charge in [-0.25, -0.2) is 4.98 Å². The van der Waals surface area contributed by atoms with Gasteiger partial charge in [0.15, 0.2) is 0 Å². The largest absolute Gasteiger partial charge is 0.574 e. The maximum atomic E-state index is 11.7. The molecule has 0 radical (unpaired) electrons. The summed E-state index contributed by atoms with van der Waals surface area (Å²) in [6, 6.07) is 3.89. The van der Waals surface area contributed by atoms with Gasteiger partial charge in [-0.2, -0.15) is 5.26 Å². The van der Waals surface area contributed by atoms with Gasteiger partial charge in [0, 0.05) is 6.07 Å². The maximum absolute atomic E-state index is 11.7. The molecule has 14 heavy (non-hydrogen) atoms. The molecule has 0 amide bonds. The number of ether oxygens (including phenoxy) is 1. The fourth-order valence-electron chi connectivity index (χ4n) is 0.676. The van der Waals surface area contributed by atoms with E-state index in [4.69, 9.17) is 5.26 Å². The highest BCUT2D eigenvalue weighted by Gasteiger charge is 2.31. The monoisotopic (exact) mass is 266 g/mol. The molecule has 74 valence electrons. The smallest absolute Gasteiger partial charge is 0.388 e. The Hall–Kier alpha value is -1.29. The Morgan fingerprint density at radius 3 is 2.50 bits per heavy atom. The van der Waals surface area contributed by atoms with Crippen LogP contribution in [0.1, 0.15) is 5.56 Å². The van der Waals surface area contributed by atoms with E-state index < -0.39 is 12.2 Å². The molecule has 0 spiro atoms. The standard InChI is InChI=1S/C7H2BrF3N2O/c8-6-4(3-12)1-2-5(13-6)14-7(9,10)11/h1-2H. The van der Waals surface area contributed by atoms with Gasteiger partial charge < -0.3 is 4.74 Å². The van der Waals surface area contributed by atoms with Crippen molar-refractivity contribution in [2.75, 3.05) is 0 Å². The molecule has 3 nitrogen and oxygen atoms in total. The highest BCUT2D eigenvalue weighted by atomic mass is 79.9. The summed E-state index contributed by atoms with van der Waals surface area (Å²) in [5.74, 6) is -0.608. The van der Waals surface area contributed by atoms with Crippen LogP contribution < -0.4 is 4.74 Å². The van der Waals surface area contributed by atoms with E-state index in [-0.39, 0.29) is 10.2 Å². The Bertz CT molecular complexity index is 386. The fourth-order valence-corrected chi connectivity index (χ4v) is 1.07. The van der Waals surface area contributed by atoms with Crippen LogP contribution >= 0.6 is 15.9 Å². The second kappa shape index (κ2) is 3.84. The van der Waals surface area contributed by atoms with Crippen molar-refractivity contribution >= 4 is 15.9 Å². The molecule has 0 saturated heterocycles. The second-order valence-electron chi connectivity index (χ2n) is 2.15. The lowest BCUT2D eigenvalue weighted by Gasteiger charge is -2.07. The van der Waals surface area contributed by atoms with E-state index in [1.165, 1.54) is 6.07 Å². The summed E-state index contributed by atoms with van der Waals surface area (Å²) in [7, 11) is 0. The SMILES string of the molecule is N#Cc1ccc(OC(F)(F)F)nc1Br. The van der Waals surface area contributed by atoms with Crippen LogP contribution in [0.4, 0.5) is 13.2 Å². The summed E-state index contributed by atoms with van der Waals surface area (Å²) in [6.45, 7) is 0. The summed E-state index contributed by atoms with van der Waals surface area (Å²) in [6.07, 6.45) is -4.78. The van der Waals surface area contributed by atoms with E-state index in [2.05, 4.69) is 25.7 Å². The minimum Gasteiger partial charge on any atom is -0.388 e. The number of aromatic nitrogens is 1. The summed E-state index contributed by atoms with van der Waals surface area (Å²) in [5, 5.41) is 8.46. The molecular weight excluding hydrogens is 265 g/mol. The van der Waals surface area contributed by atoms with Crippen LogP contribution in [-0.2, 0) is 0 Å². The van der Waals surface area contributed by atoms with Gasteiger partial charge in [0.2, 0.25) is 5.88 Å². The van der Waals surface area contributed by atoms with Crippen molar-refractivity contribution in [3.8, 4) is 11.9 Å². The highest BCUT2D eigenvalue weighted by molar-refractivity contribution is 9.10. The van der Waals surface area contributed by atoms with Crippen LogP contribution in [0.15, 0.2) is 16.7 Å². The van der Waals surface area contributed by atoms with Crippen molar-refractivity contribution in [1.29, 1.82) is 5.26 Å². The Labute approximate surface area is 85.3 Å². The second-order valence-corrected chi connectivity index (χ2v) is 2.90. The maximum Gasteiger partial charge on any atom is 0.574 e. The van der Waals surface area contributed by atoms with Crippen LogP contribution in [0.2, 0.25) is 0 Å². The van der Waals surface area contributed by atoms with Crippen molar-refractivity contribution in [2.24, 2.45) is 0 Å². The third-order valence-electron chi connectivity index (χ3n) is 1.16. The number of nitrogens with zero attached hydrogens (tertiary/aromatic N) is 2. The van der Waals surface area contributed by atoms with Gasteiger partial charge in [0.1, 0.15) is 10.7 Å². The van der Waals surface area contributed by atoms with E-state index in [1.807, 2.05) is 0 Å². The van der Waals surface area contributed by atoms with Crippen molar-refractivity contribution in [2.45, 2.75) is 6.36 Å². The van der Waals surface area contributed by atoms with Crippen LogP contribution in [0.3, 0.4) is 0 Å². The Morgan fingerprint density at radius 1 is 1.43 bits per heavy atom. The van der Waals surface area contributed by atoms with Gasteiger partial charge in [-0.3, -0.25) is 0 Å². The molecule has 1 aromatic rings. The number of pyridine rings is 1. The predicted octanol–water partition coefficient (Wildman–Crippen LogP) is 2.61. The first-order valence-electron chi connectivity index (χ1n) is 3.25. The van der Waals surface area contributed by atoms with Gasteiger partial charge in [-0.05, 0) is 22.0 Å². The minimum atomic E-state index is -4.78. The molecule has 0 aliphatic heterocycles. The lowest BCUT2D eigenvalue weighted by atomic mass is 10.3. The van der Waals surface area contributed by atoms with Gasteiger partial charge in [-0.15, -0.1) is 13.2 Å². The van der Waals surface area contributed by atoms with Gasteiger partial charge in [0.25, 0.3) is 0 Å². The van der Waals surface area contributed by atoms with Crippen LogP contribution in [0.25, 0.3) is 0 Å². The zero-order valence-corrected chi connectivity index (χ0v) is 8.06. The van der Waals surface area contributed by atoms with Crippen molar-refractivity contribution < 1.29 is 17.9 Å². The summed E-state index contributed by atoms with van der Waals surface area (Å²) in [5.41, 5.74) is 0.138. The molecule has 1 rings (SSSR count). The third kappa shape index (κ3) is 2.88. The minimum absolute atomic E-state index is 0.0155. The Kier molecular flexibility index (Phi) is 2.96. The van der Waals surface area contributed by atoms with Crippen LogP contribution in [-0.4, -0.2) is 11.3 Å². The topological polar surface area (TPSA) is 45.9 Å².